The molecule has 2 aromatic rings. The van der Waals surface area contributed by atoms with Crippen LogP contribution in [0.2, 0.25) is 5.02 Å². The fourth-order valence-electron chi connectivity index (χ4n) is 3.29. The molecule has 3 rings (SSSR count). The largest absolute Gasteiger partial charge is 0.481 e. The molecule has 0 radical (unpaired) electrons. The minimum atomic E-state index is -4.40. The molecule has 37 heavy (non-hydrogen) atoms. The van der Waals surface area contributed by atoms with E-state index in [4.69, 9.17) is 26.2 Å². The lowest BCUT2D eigenvalue weighted by molar-refractivity contribution is -0.137. The van der Waals surface area contributed by atoms with E-state index in [1.54, 1.807) is 20.8 Å². The highest BCUT2D eigenvalue weighted by atomic mass is 35.5. The number of hydrogen-bond acceptors (Lipinski definition) is 7. The predicted molar refractivity (Wildman–Crippen MR) is 132 cm³/mol. The fourth-order valence-corrected chi connectivity index (χ4v) is 5.03. The Hall–Kier alpha value is -3.58. The highest BCUT2D eigenvalue weighted by Gasteiger charge is 2.38. The summed E-state index contributed by atoms with van der Waals surface area (Å²) in [5, 5.41) is 13.3. The molecule has 0 bridgehead atoms. The van der Waals surface area contributed by atoms with Crippen LogP contribution in [0.25, 0.3) is 0 Å². The lowest BCUT2D eigenvalue weighted by Gasteiger charge is -2.35. The molecular formula is C23H25ClFN3O8S. The van der Waals surface area contributed by atoms with Gasteiger partial charge in [0.25, 0.3) is 15.9 Å². The third-order valence-corrected chi connectivity index (χ3v) is 6.95. The van der Waals surface area contributed by atoms with Crippen LogP contribution in [-0.4, -0.2) is 56.3 Å². The molecule has 2 amide bonds. The van der Waals surface area contributed by atoms with E-state index in [1.165, 1.54) is 18.2 Å². The summed E-state index contributed by atoms with van der Waals surface area (Å²) in [5.41, 5.74) is -0.610. The second-order valence-electron chi connectivity index (χ2n) is 8.96. The molecule has 0 aliphatic carbocycles. The van der Waals surface area contributed by atoms with Crippen molar-refractivity contribution in [1.29, 1.82) is 0 Å². The number of nitrogens with zero attached hydrogens (tertiary/aromatic N) is 1. The first-order valence-corrected chi connectivity index (χ1v) is 12.8. The summed E-state index contributed by atoms with van der Waals surface area (Å²) in [5.74, 6) is -2.68. The Morgan fingerprint density at radius 2 is 1.92 bits per heavy atom. The Balaban J connectivity index is 1.99. The number of anilines is 2. The van der Waals surface area contributed by atoms with Crippen LogP contribution in [0.1, 0.15) is 27.2 Å². The molecule has 1 aliphatic rings. The molecule has 0 saturated carbocycles. The number of nitrogens with one attached hydrogen (secondary N) is 2. The maximum absolute atomic E-state index is 13.7. The van der Waals surface area contributed by atoms with Gasteiger partial charge < -0.3 is 19.9 Å². The Labute approximate surface area is 217 Å². The maximum atomic E-state index is 13.7. The van der Waals surface area contributed by atoms with E-state index in [0.29, 0.717) is 0 Å². The number of carboxylic acid groups (broad SMARTS) is 1. The molecule has 2 aromatic carbocycles. The van der Waals surface area contributed by atoms with E-state index < -0.39 is 57.1 Å². The highest BCUT2D eigenvalue weighted by molar-refractivity contribution is 7.92. The summed E-state index contributed by atoms with van der Waals surface area (Å²) in [6.45, 7) is 4.34. The molecule has 3 N–H and O–H groups in total. The summed E-state index contributed by atoms with van der Waals surface area (Å²) in [7, 11) is -4.40. The number of hydrogen-bond donors (Lipinski definition) is 3. The summed E-state index contributed by atoms with van der Waals surface area (Å²) >= 11 is 5.80. The second kappa shape index (κ2) is 10.8. The van der Waals surface area contributed by atoms with E-state index in [1.807, 2.05) is 0 Å². The maximum Gasteiger partial charge on any atom is 0.412 e. The molecule has 0 fully saturated rings. The van der Waals surface area contributed by atoms with Gasteiger partial charge in [0.05, 0.1) is 28.6 Å². The van der Waals surface area contributed by atoms with E-state index in [2.05, 4.69) is 10.6 Å². The molecular weight excluding hydrogens is 533 g/mol. The van der Waals surface area contributed by atoms with Gasteiger partial charge in [0, 0.05) is 12.2 Å². The van der Waals surface area contributed by atoms with Gasteiger partial charge in [-0.25, -0.2) is 17.6 Å². The number of benzene rings is 2. The number of carboxylic acids is 1. The Bertz CT molecular complexity index is 1330. The molecule has 11 nitrogen and oxygen atoms in total. The SMILES string of the molecule is CC(C)(C)OC(=O)Nc1ccc2c(c1)N(S(=O)(=O)c1ccc(F)c(Cl)c1)C[C@H](C(=O)NCCC(=O)O)O2. The van der Waals surface area contributed by atoms with Crippen molar-refractivity contribution < 1.29 is 41.8 Å². The van der Waals surface area contributed by atoms with Crippen molar-refractivity contribution in [2.75, 3.05) is 22.7 Å². The smallest absolute Gasteiger partial charge is 0.412 e. The van der Waals surface area contributed by atoms with Crippen molar-refractivity contribution >= 4 is 51.0 Å². The first-order chi connectivity index (χ1) is 17.2. The zero-order chi connectivity index (χ0) is 27.5. The number of halogens is 2. The van der Waals surface area contributed by atoms with Gasteiger partial charge in [-0.1, -0.05) is 11.6 Å². The van der Waals surface area contributed by atoms with Gasteiger partial charge in [0.1, 0.15) is 17.2 Å². The fraction of sp³-hybridized carbons (Fsp3) is 0.348. The lowest BCUT2D eigenvalue weighted by atomic mass is 10.2. The minimum absolute atomic E-state index is 0.00356. The molecule has 0 unspecified atom stereocenters. The number of sulfonamides is 1. The van der Waals surface area contributed by atoms with Crippen molar-refractivity contribution in [3.8, 4) is 5.75 Å². The first-order valence-electron chi connectivity index (χ1n) is 11.0. The third kappa shape index (κ3) is 7.01. The van der Waals surface area contributed by atoms with Gasteiger partial charge >= 0.3 is 12.1 Å². The number of amides is 2. The molecule has 14 heteroatoms. The van der Waals surface area contributed by atoms with Gasteiger partial charge in [0.2, 0.25) is 0 Å². The van der Waals surface area contributed by atoms with Crippen molar-refractivity contribution in [3.63, 3.8) is 0 Å². The Kier molecular flexibility index (Phi) is 8.18. The number of aliphatic carboxylic acids is 1. The summed E-state index contributed by atoms with van der Waals surface area (Å²) in [6.07, 6.45) is -2.46. The molecule has 0 spiro atoms. The van der Waals surface area contributed by atoms with E-state index in [0.717, 1.165) is 22.5 Å². The summed E-state index contributed by atoms with van der Waals surface area (Å²) < 4.78 is 52.6. The second-order valence-corrected chi connectivity index (χ2v) is 11.2. The summed E-state index contributed by atoms with van der Waals surface area (Å²) in [4.78, 5) is 35.3. The monoisotopic (exact) mass is 557 g/mol. The van der Waals surface area contributed by atoms with Crippen molar-refractivity contribution in [3.05, 3.63) is 47.2 Å². The van der Waals surface area contributed by atoms with Crippen LogP contribution in [0.15, 0.2) is 41.3 Å². The number of fused-ring (bicyclic) bond motifs is 1. The van der Waals surface area contributed by atoms with Crippen molar-refractivity contribution in [2.24, 2.45) is 0 Å². The van der Waals surface area contributed by atoms with Crippen molar-refractivity contribution in [2.45, 2.75) is 43.8 Å². The zero-order valence-corrected chi connectivity index (χ0v) is 21.7. The summed E-state index contributed by atoms with van der Waals surface area (Å²) in [6, 6.07) is 6.96. The average molecular weight is 558 g/mol. The van der Waals surface area contributed by atoms with E-state index in [-0.39, 0.29) is 35.0 Å². The molecule has 200 valence electrons. The van der Waals surface area contributed by atoms with Gasteiger partial charge in [0.15, 0.2) is 6.10 Å². The van der Waals surface area contributed by atoms with Crippen LogP contribution >= 0.6 is 11.6 Å². The quantitative estimate of drug-likeness (QED) is 0.468. The number of carbonyl (C=O) groups excluding carboxylic acids is 2. The van der Waals surface area contributed by atoms with Gasteiger partial charge in [-0.15, -0.1) is 0 Å². The normalized spacial score (nSPS) is 15.3. The molecule has 1 heterocycles. The number of rotatable bonds is 7. The average Bonchev–Trinajstić information content (AvgIpc) is 2.78. The van der Waals surface area contributed by atoms with Gasteiger partial charge in [-0.3, -0.25) is 19.2 Å². The van der Waals surface area contributed by atoms with Crippen LogP contribution in [0.4, 0.5) is 20.6 Å². The predicted octanol–water partition coefficient (Wildman–Crippen LogP) is 3.37. The molecule has 1 atom stereocenters. The van der Waals surface area contributed by atoms with E-state index >= 15 is 0 Å². The van der Waals surface area contributed by atoms with Crippen LogP contribution in [0, 0.1) is 5.82 Å². The number of ether oxygens (including phenoxy) is 2. The number of carbonyl (C=O) groups is 3. The first kappa shape index (κ1) is 28.0. The van der Waals surface area contributed by atoms with Crippen LogP contribution in [0.3, 0.4) is 0 Å². The van der Waals surface area contributed by atoms with Crippen LogP contribution < -0.4 is 19.7 Å². The van der Waals surface area contributed by atoms with E-state index in [9.17, 15) is 27.2 Å². The molecule has 0 saturated heterocycles. The minimum Gasteiger partial charge on any atom is -0.481 e. The lowest BCUT2D eigenvalue weighted by Crippen LogP contribution is -2.51. The molecule has 1 aliphatic heterocycles. The molecule has 0 aromatic heterocycles. The van der Waals surface area contributed by atoms with Crippen LogP contribution in [-0.2, 0) is 24.3 Å². The van der Waals surface area contributed by atoms with Crippen molar-refractivity contribution in [1.82, 2.24) is 5.32 Å². The van der Waals surface area contributed by atoms with Gasteiger partial charge in [-0.2, -0.15) is 0 Å². The van der Waals surface area contributed by atoms with Gasteiger partial charge in [-0.05, 0) is 57.2 Å². The standard InChI is InChI=1S/C23H25ClFN3O8S/c1-23(2,3)36-22(32)27-13-4-7-18-17(10-13)28(12-19(35-18)21(31)26-9-8-20(29)30)37(33,34)14-5-6-16(25)15(24)11-14/h4-7,10-11,19H,8-9,12H2,1-3H3,(H,26,31)(H,27,32)(H,29,30)/t19-/m1/s1. The topological polar surface area (TPSA) is 151 Å². The third-order valence-electron chi connectivity index (χ3n) is 4.88. The zero-order valence-electron chi connectivity index (χ0n) is 20.1. The Morgan fingerprint density at radius 1 is 1.22 bits per heavy atom. The Morgan fingerprint density at radius 3 is 2.54 bits per heavy atom. The highest BCUT2D eigenvalue weighted by Crippen LogP contribution is 2.39. The van der Waals surface area contributed by atoms with Crippen LogP contribution in [0.5, 0.6) is 5.75 Å².